The molecule has 1 aromatic rings. The van der Waals surface area contributed by atoms with Crippen LogP contribution in [0.3, 0.4) is 0 Å². The van der Waals surface area contributed by atoms with E-state index in [1.165, 1.54) is 31.7 Å². The van der Waals surface area contributed by atoms with Gasteiger partial charge in [0.2, 0.25) is 0 Å². The molecule has 1 aromatic carbocycles. The fourth-order valence-electron chi connectivity index (χ4n) is 4.04. The number of halogens is 2. The molecule has 2 saturated carbocycles. The Morgan fingerprint density at radius 3 is 2.79 bits per heavy atom. The van der Waals surface area contributed by atoms with E-state index in [0.717, 1.165) is 33.3 Å². The van der Waals surface area contributed by atoms with E-state index in [-0.39, 0.29) is 11.9 Å². The van der Waals surface area contributed by atoms with Crippen LogP contribution in [0.5, 0.6) is 0 Å². The molecular weight excluding hydrogens is 354 g/mol. The first-order valence-corrected chi connectivity index (χ1v) is 8.16. The zero-order valence-corrected chi connectivity index (χ0v) is 13.1. The predicted octanol–water partition coefficient (Wildman–Crippen LogP) is 3.76. The summed E-state index contributed by atoms with van der Waals surface area (Å²) in [5.41, 5.74) is 4.07. The van der Waals surface area contributed by atoms with Gasteiger partial charge in [0.05, 0.1) is 0 Å². The van der Waals surface area contributed by atoms with Gasteiger partial charge in [-0.05, 0) is 83.7 Å². The molecule has 3 N–H and O–H groups in total. The maximum absolute atomic E-state index is 13.2. The predicted molar refractivity (Wildman–Crippen MR) is 82.7 cm³/mol. The normalized spacial score (nSPS) is 30.8. The molecule has 0 saturated heterocycles. The maximum atomic E-state index is 13.2. The fourth-order valence-corrected chi connectivity index (χ4v) is 4.89. The molecule has 0 aromatic heterocycles. The molecule has 2 fully saturated rings. The van der Waals surface area contributed by atoms with Crippen LogP contribution in [0, 0.1) is 27.1 Å². The van der Waals surface area contributed by atoms with Crippen LogP contribution >= 0.6 is 22.6 Å². The van der Waals surface area contributed by atoms with Crippen LogP contribution in [0.15, 0.2) is 18.2 Å². The van der Waals surface area contributed by atoms with Gasteiger partial charge in [0, 0.05) is 9.61 Å². The molecule has 4 atom stereocenters. The lowest BCUT2D eigenvalue weighted by Gasteiger charge is -2.27. The monoisotopic (exact) mass is 374 g/mol. The van der Waals surface area contributed by atoms with Crippen molar-refractivity contribution in [2.75, 3.05) is 0 Å². The molecule has 2 aliphatic rings. The van der Waals surface area contributed by atoms with Crippen molar-refractivity contribution >= 4 is 22.6 Å². The van der Waals surface area contributed by atoms with Gasteiger partial charge >= 0.3 is 0 Å². The summed E-state index contributed by atoms with van der Waals surface area (Å²) in [4.78, 5) is 0. The lowest BCUT2D eigenvalue weighted by atomic mass is 9.83. The zero-order valence-electron chi connectivity index (χ0n) is 10.9. The Morgan fingerprint density at radius 1 is 1.37 bits per heavy atom. The highest BCUT2D eigenvalue weighted by atomic mass is 127. The molecule has 2 nitrogen and oxygen atoms in total. The third-order valence-corrected chi connectivity index (χ3v) is 5.90. The van der Waals surface area contributed by atoms with Gasteiger partial charge in [0.1, 0.15) is 5.82 Å². The molecule has 4 heteroatoms. The minimum absolute atomic E-state index is 0.150. The molecule has 3 rings (SSSR count). The van der Waals surface area contributed by atoms with Crippen LogP contribution in [0.2, 0.25) is 0 Å². The minimum atomic E-state index is -0.177. The first-order valence-electron chi connectivity index (χ1n) is 7.08. The molecule has 0 aliphatic heterocycles. The lowest BCUT2D eigenvalue weighted by molar-refractivity contribution is 0.279. The van der Waals surface area contributed by atoms with Gasteiger partial charge in [-0.2, -0.15) is 0 Å². The molecule has 2 aliphatic carbocycles. The van der Waals surface area contributed by atoms with E-state index in [0.29, 0.717) is 0 Å². The Hall–Kier alpha value is -0.200. The number of nitrogens with one attached hydrogen (secondary N) is 1. The Balaban J connectivity index is 1.73. The van der Waals surface area contributed by atoms with E-state index in [1.807, 2.05) is 6.07 Å². The largest absolute Gasteiger partial charge is 0.271 e. The molecule has 4 unspecified atom stereocenters. The van der Waals surface area contributed by atoms with Crippen molar-refractivity contribution in [2.45, 2.75) is 38.1 Å². The van der Waals surface area contributed by atoms with Crippen molar-refractivity contribution in [3.63, 3.8) is 0 Å². The van der Waals surface area contributed by atoms with E-state index in [4.69, 9.17) is 5.84 Å². The molecule has 0 heterocycles. The third-order valence-electron chi connectivity index (χ3n) is 4.96. The van der Waals surface area contributed by atoms with E-state index >= 15 is 0 Å². The van der Waals surface area contributed by atoms with Gasteiger partial charge in [0.25, 0.3) is 0 Å². The minimum Gasteiger partial charge on any atom is -0.271 e. The quantitative estimate of drug-likeness (QED) is 0.479. The average molecular weight is 374 g/mol. The number of hydrogen-bond donors (Lipinski definition) is 2. The Kier molecular flexibility index (Phi) is 4.10. The van der Waals surface area contributed by atoms with Gasteiger partial charge in [-0.3, -0.25) is 11.3 Å². The smallest absolute Gasteiger partial charge is 0.124 e. The first kappa shape index (κ1) is 13.8. The Bertz CT molecular complexity index is 465. The van der Waals surface area contributed by atoms with Crippen LogP contribution < -0.4 is 11.3 Å². The van der Waals surface area contributed by atoms with Crippen LogP contribution in [-0.2, 0) is 0 Å². The van der Waals surface area contributed by atoms with Crippen molar-refractivity contribution in [3.05, 3.63) is 33.1 Å². The number of fused-ring (bicyclic) bond motifs is 2. The second-order valence-electron chi connectivity index (χ2n) is 6.06. The summed E-state index contributed by atoms with van der Waals surface area (Å²) in [5.74, 6) is 8.22. The van der Waals surface area contributed by atoms with Crippen molar-refractivity contribution in [1.82, 2.24) is 5.43 Å². The number of nitrogens with two attached hydrogens (primary N) is 1. The highest BCUT2D eigenvalue weighted by Gasteiger charge is 2.40. The molecule has 0 amide bonds. The summed E-state index contributed by atoms with van der Waals surface area (Å²) >= 11 is 2.20. The Labute approximate surface area is 127 Å². The molecule has 19 heavy (non-hydrogen) atoms. The van der Waals surface area contributed by atoms with Gasteiger partial charge in [-0.25, -0.2) is 4.39 Å². The molecule has 0 spiro atoms. The summed E-state index contributed by atoms with van der Waals surface area (Å²) in [7, 11) is 0. The van der Waals surface area contributed by atoms with Gasteiger partial charge < -0.3 is 0 Å². The molecule has 104 valence electrons. The topological polar surface area (TPSA) is 38.0 Å². The molecule has 2 bridgehead atoms. The lowest BCUT2D eigenvalue weighted by Crippen LogP contribution is -2.31. The van der Waals surface area contributed by atoms with Crippen LogP contribution in [-0.4, -0.2) is 0 Å². The average Bonchev–Trinajstić information content (AvgIpc) is 2.99. The number of hydrogen-bond acceptors (Lipinski definition) is 2. The van der Waals surface area contributed by atoms with Crippen molar-refractivity contribution < 1.29 is 4.39 Å². The third kappa shape index (κ3) is 2.81. The second kappa shape index (κ2) is 5.66. The summed E-state index contributed by atoms with van der Waals surface area (Å²) in [6.45, 7) is 0. The van der Waals surface area contributed by atoms with Crippen LogP contribution in [0.25, 0.3) is 0 Å². The fraction of sp³-hybridized carbons (Fsp3) is 0.600. The van der Waals surface area contributed by atoms with Crippen LogP contribution in [0.4, 0.5) is 4.39 Å². The maximum Gasteiger partial charge on any atom is 0.124 e. The SMILES string of the molecule is NNC(CC1CC2CCC1C2)c1ccc(F)cc1I. The van der Waals surface area contributed by atoms with Crippen molar-refractivity contribution in [3.8, 4) is 0 Å². The number of rotatable bonds is 4. The summed E-state index contributed by atoms with van der Waals surface area (Å²) in [6, 6.07) is 5.13. The van der Waals surface area contributed by atoms with E-state index in [2.05, 4.69) is 28.0 Å². The van der Waals surface area contributed by atoms with Gasteiger partial charge in [-0.1, -0.05) is 12.5 Å². The van der Waals surface area contributed by atoms with Gasteiger partial charge in [0.15, 0.2) is 0 Å². The number of hydrazine groups is 1. The zero-order chi connectivity index (χ0) is 13.4. The van der Waals surface area contributed by atoms with Crippen LogP contribution in [0.1, 0.15) is 43.7 Å². The number of benzene rings is 1. The summed E-state index contributed by atoms with van der Waals surface area (Å²) in [5, 5.41) is 0. The summed E-state index contributed by atoms with van der Waals surface area (Å²) in [6.07, 6.45) is 6.69. The molecular formula is C15H20FIN2. The van der Waals surface area contributed by atoms with Gasteiger partial charge in [-0.15, -0.1) is 0 Å². The highest BCUT2D eigenvalue weighted by molar-refractivity contribution is 14.1. The van der Waals surface area contributed by atoms with Crippen molar-refractivity contribution in [2.24, 2.45) is 23.6 Å². The highest BCUT2D eigenvalue weighted by Crippen LogP contribution is 2.51. The Morgan fingerprint density at radius 2 is 2.21 bits per heavy atom. The van der Waals surface area contributed by atoms with E-state index < -0.39 is 0 Å². The first-order chi connectivity index (χ1) is 9.17. The second-order valence-corrected chi connectivity index (χ2v) is 7.22. The standard InChI is InChI=1S/C15H20FIN2/c16-12-3-4-13(14(17)8-12)15(19-18)7-11-6-9-1-2-10(11)5-9/h3-4,8-11,15,19H,1-2,5-7,18H2. The summed E-state index contributed by atoms with van der Waals surface area (Å²) < 4.78 is 14.1. The van der Waals surface area contributed by atoms with Crippen molar-refractivity contribution in [1.29, 1.82) is 0 Å². The van der Waals surface area contributed by atoms with E-state index in [1.54, 1.807) is 6.07 Å². The molecule has 0 radical (unpaired) electrons. The van der Waals surface area contributed by atoms with E-state index in [9.17, 15) is 4.39 Å².